The normalized spacial score (nSPS) is 10.4. The van der Waals surface area contributed by atoms with Crippen LogP contribution in [0.1, 0.15) is 5.69 Å². The van der Waals surface area contributed by atoms with Crippen molar-refractivity contribution in [2.75, 3.05) is 5.32 Å². The Balaban J connectivity index is 1.70. The second kappa shape index (κ2) is 4.70. The lowest BCUT2D eigenvalue weighted by atomic mass is 10.3. The molecule has 0 saturated carbocycles. The van der Waals surface area contributed by atoms with Crippen molar-refractivity contribution in [3.8, 4) is 5.69 Å². The smallest absolute Gasteiger partial charge is 0.102 e. The lowest BCUT2D eigenvalue weighted by Crippen LogP contribution is -2.02. The van der Waals surface area contributed by atoms with Gasteiger partial charge in [-0.2, -0.15) is 20.1 Å². The van der Waals surface area contributed by atoms with E-state index in [4.69, 9.17) is 0 Å². The number of nitrogens with zero attached hydrogens (tertiary/aromatic N) is 4. The standard InChI is InChI=1S/C12H12N6/c1-2-4-12(5-3-1)18-16-9-11(17-18)6-13-10-7-14-15-8-10/h1-5,7-9,13H,6H2,(H,14,15). The average Bonchev–Trinajstić information content (AvgIpc) is 3.09. The van der Waals surface area contributed by atoms with Crippen LogP contribution < -0.4 is 5.32 Å². The van der Waals surface area contributed by atoms with E-state index >= 15 is 0 Å². The zero-order valence-corrected chi connectivity index (χ0v) is 9.61. The molecule has 0 saturated heterocycles. The van der Waals surface area contributed by atoms with Crippen LogP contribution in [-0.4, -0.2) is 25.2 Å². The van der Waals surface area contributed by atoms with Crippen LogP contribution in [0.4, 0.5) is 5.69 Å². The third-order valence-corrected chi connectivity index (χ3v) is 2.50. The molecular weight excluding hydrogens is 228 g/mol. The van der Waals surface area contributed by atoms with Gasteiger partial charge in [-0.25, -0.2) is 0 Å². The summed E-state index contributed by atoms with van der Waals surface area (Å²) in [7, 11) is 0. The quantitative estimate of drug-likeness (QED) is 0.726. The summed E-state index contributed by atoms with van der Waals surface area (Å²) in [6, 6.07) is 9.82. The number of anilines is 1. The van der Waals surface area contributed by atoms with Gasteiger partial charge in [0.1, 0.15) is 5.69 Å². The summed E-state index contributed by atoms with van der Waals surface area (Å²) in [4.78, 5) is 1.62. The molecule has 0 aliphatic carbocycles. The van der Waals surface area contributed by atoms with E-state index < -0.39 is 0 Å². The highest BCUT2D eigenvalue weighted by atomic mass is 15.5. The maximum atomic E-state index is 4.39. The monoisotopic (exact) mass is 240 g/mol. The Morgan fingerprint density at radius 1 is 1.17 bits per heavy atom. The molecule has 0 aliphatic heterocycles. The predicted octanol–water partition coefficient (Wildman–Crippen LogP) is 1.60. The van der Waals surface area contributed by atoms with Gasteiger partial charge in [0.2, 0.25) is 0 Å². The lowest BCUT2D eigenvalue weighted by Gasteiger charge is -1.99. The predicted molar refractivity (Wildman–Crippen MR) is 67.3 cm³/mol. The molecule has 0 fully saturated rings. The molecule has 1 aromatic carbocycles. The Morgan fingerprint density at radius 3 is 2.83 bits per heavy atom. The maximum absolute atomic E-state index is 4.39. The van der Waals surface area contributed by atoms with Crippen molar-refractivity contribution in [1.82, 2.24) is 25.2 Å². The molecule has 0 amide bonds. The summed E-state index contributed by atoms with van der Waals surface area (Å²) < 4.78 is 0. The lowest BCUT2D eigenvalue weighted by molar-refractivity contribution is 0.740. The van der Waals surface area contributed by atoms with Crippen LogP contribution in [0, 0.1) is 0 Å². The number of H-pyrrole nitrogens is 1. The molecule has 90 valence electrons. The fourth-order valence-electron chi connectivity index (χ4n) is 1.60. The van der Waals surface area contributed by atoms with Gasteiger partial charge < -0.3 is 5.32 Å². The van der Waals surface area contributed by atoms with Crippen molar-refractivity contribution in [2.45, 2.75) is 6.54 Å². The van der Waals surface area contributed by atoms with E-state index in [2.05, 4.69) is 25.7 Å². The molecule has 2 heterocycles. The van der Waals surface area contributed by atoms with Gasteiger partial charge in [0.15, 0.2) is 0 Å². The summed E-state index contributed by atoms with van der Waals surface area (Å²) in [5.41, 5.74) is 2.76. The van der Waals surface area contributed by atoms with Crippen molar-refractivity contribution < 1.29 is 0 Å². The molecule has 3 aromatic rings. The molecular formula is C12H12N6. The topological polar surface area (TPSA) is 71.4 Å². The number of aromatic amines is 1. The third-order valence-electron chi connectivity index (χ3n) is 2.50. The Hall–Kier alpha value is -2.63. The zero-order chi connectivity index (χ0) is 12.2. The van der Waals surface area contributed by atoms with Gasteiger partial charge in [0.25, 0.3) is 0 Å². The van der Waals surface area contributed by atoms with Crippen LogP contribution in [0.2, 0.25) is 0 Å². The largest absolute Gasteiger partial charge is 0.377 e. The summed E-state index contributed by atoms with van der Waals surface area (Å²) in [6.07, 6.45) is 5.27. The molecule has 0 bridgehead atoms. The first-order chi connectivity index (χ1) is 8.92. The zero-order valence-electron chi connectivity index (χ0n) is 9.61. The first-order valence-corrected chi connectivity index (χ1v) is 5.61. The number of aromatic nitrogens is 5. The van der Waals surface area contributed by atoms with Crippen molar-refractivity contribution in [1.29, 1.82) is 0 Å². The third kappa shape index (κ3) is 2.22. The molecule has 2 aromatic heterocycles. The van der Waals surface area contributed by atoms with Gasteiger partial charge >= 0.3 is 0 Å². The number of nitrogens with one attached hydrogen (secondary N) is 2. The first kappa shape index (κ1) is 10.5. The first-order valence-electron chi connectivity index (χ1n) is 5.61. The Morgan fingerprint density at radius 2 is 2.06 bits per heavy atom. The molecule has 6 nitrogen and oxygen atoms in total. The molecule has 6 heteroatoms. The number of para-hydroxylation sites is 1. The van der Waals surface area contributed by atoms with Gasteiger partial charge in [-0.05, 0) is 12.1 Å². The SMILES string of the molecule is c1ccc(-n2ncc(CNc3cn[nH]c3)n2)cc1. The Bertz CT molecular complexity index is 599. The van der Waals surface area contributed by atoms with E-state index in [0.29, 0.717) is 6.54 Å². The fourth-order valence-corrected chi connectivity index (χ4v) is 1.60. The minimum atomic E-state index is 0.617. The van der Waals surface area contributed by atoms with Crippen LogP contribution in [0.25, 0.3) is 5.69 Å². The second-order valence-corrected chi connectivity index (χ2v) is 3.80. The number of hydrogen-bond donors (Lipinski definition) is 2. The molecule has 0 atom stereocenters. The van der Waals surface area contributed by atoms with Crippen molar-refractivity contribution in [3.05, 3.63) is 54.6 Å². The minimum Gasteiger partial charge on any atom is -0.377 e. The van der Waals surface area contributed by atoms with E-state index in [9.17, 15) is 0 Å². The van der Waals surface area contributed by atoms with E-state index in [0.717, 1.165) is 17.1 Å². The summed E-state index contributed by atoms with van der Waals surface area (Å²) >= 11 is 0. The molecule has 0 spiro atoms. The van der Waals surface area contributed by atoms with E-state index in [1.54, 1.807) is 23.4 Å². The highest BCUT2D eigenvalue weighted by Gasteiger charge is 2.02. The molecule has 18 heavy (non-hydrogen) atoms. The molecule has 0 radical (unpaired) electrons. The Labute approximate surface area is 104 Å². The van der Waals surface area contributed by atoms with Gasteiger partial charge in [-0.3, -0.25) is 5.10 Å². The van der Waals surface area contributed by atoms with Gasteiger partial charge in [0.05, 0.1) is 30.3 Å². The number of hydrogen-bond acceptors (Lipinski definition) is 4. The molecule has 2 N–H and O–H groups in total. The van der Waals surface area contributed by atoms with E-state index in [1.165, 1.54) is 0 Å². The molecule has 0 unspecified atom stereocenters. The van der Waals surface area contributed by atoms with Gasteiger partial charge in [-0.15, -0.1) is 0 Å². The van der Waals surface area contributed by atoms with Crippen LogP contribution in [0.3, 0.4) is 0 Å². The number of rotatable bonds is 4. The summed E-state index contributed by atoms with van der Waals surface area (Å²) in [5, 5.41) is 18.4. The van der Waals surface area contributed by atoms with Crippen molar-refractivity contribution >= 4 is 5.69 Å². The molecule has 0 aliphatic rings. The van der Waals surface area contributed by atoms with Gasteiger partial charge in [-0.1, -0.05) is 18.2 Å². The van der Waals surface area contributed by atoms with Gasteiger partial charge in [0, 0.05) is 6.20 Å². The number of benzene rings is 1. The maximum Gasteiger partial charge on any atom is 0.102 e. The van der Waals surface area contributed by atoms with E-state index in [1.807, 2.05) is 30.3 Å². The van der Waals surface area contributed by atoms with E-state index in [-0.39, 0.29) is 0 Å². The highest BCUT2D eigenvalue weighted by molar-refractivity contribution is 5.37. The van der Waals surface area contributed by atoms with Crippen LogP contribution in [0.5, 0.6) is 0 Å². The van der Waals surface area contributed by atoms with Crippen LogP contribution >= 0.6 is 0 Å². The summed E-state index contributed by atoms with van der Waals surface area (Å²) in [5.74, 6) is 0. The van der Waals surface area contributed by atoms with Crippen LogP contribution in [-0.2, 0) is 6.54 Å². The summed E-state index contributed by atoms with van der Waals surface area (Å²) in [6.45, 7) is 0.617. The minimum absolute atomic E-state index is 0.617. The van der Waals surface area contributed by atoms with Crippen LogP contribution in [0.15, 0.2) is 48.9 Å². The molecule has 3 rings (SSSR count). The Kier molecular flexibility index (Phi) is 2.75. The second-order valence-electron chi connectivity index (χ2n) is 3.80. The average molecular weight is 240 g/mol. The fraction of sp³-hybridized carbons (Fsp3) is 0.0833. The van der Waals surface area contributed by atoms with Crippen molar-refractivity contribution in [3.63, 3.8) is 0 Å². The highest BCUT2D eigenvalue weighted by Crippen LogP contribution is 2.06. The van der Waals surface area contributed by atoms with Crippen molar-refractivity contribution in [2.24, 2.45) is 0 Å².